The minimum Gasteiger partial charge on any atom is -0.370 e. The molecule has 2 aromatic carbocycles. The number of ketones is 1. The number of rotatable bonds is 7. The van der Waals surface area contributed by atoms with Crippen molar-refractivity contribution in [2.75, 3.05) is 17.3 Å². The van der Waals surface area contributed by atoms with E-state index in [4.69, 9.17) is 0 Å². The Balaban J connectivity index is 1.90. The van der Waals surface area contributed by atoms with Gasteiger partial charge in [-0.25, -0.2) is 8.42 Å². The van der Waals surface area contributed by atoms with E-state index in [0.29, 0.717) is 20.8 Å². The Morgan fingerprint density at radius 1 is 0.968 bits per heavy atom. The molecule has 0 aliphatic carbocycles. The largest absolute Gasteiger partial charge is 0.512 e. The van der Waals surface area contributed by atoms with Crippen LogP contribution < -0.4 is 8.31 Å². The van der Waals surface area contributed by atoms with E-state index in [1.54, 1.807) is 12.1 Å². The molecule has 3 rings (SSSR count). The summed E-state index contributed by atoms with van der Waals surface area (Å²) in [5, 5.41) is 0.509. The maximum atomic E-state index is 12.9. The first kappa shape index (κ1) is 23.8. The zero-order valence-corrected chi connectivity index (χ0v) is 18.5. The Labute approximate surface area is 180 Å². The SMILES string of the molecule is O=C(C[S+]1CCCCC1)c1ccc(OS(=O)(=O)NS(=O)(=O)C(F)(F)F)c2ccccc12. The molecule has 0 unspecified atom stereocenters. The molecule has 0 bridgehead atoms. The number of halogens is 3. The molecular weight excluding hydrogens is 479 g/mol. The Morgan fingerprint density at radius 2 is 1.58 bits per heavy atom. The lowest BCUT2D eigenvalue weighted by Gasteiger charge is -2.15. The quantitative estimate of drug-likeness (QED) is 0.465. The summed E-state index contributed by atoms with van der Waals surface area (Å²) in [6.07, 6.45) is 3.31. The third kappa shape index (κ3) is 5.70. The molecule has 1 N–H and O–H groups in total. The highest BCUT2D eigenvalue weighted by atomic mass is 32.3. The maximum absolute atomic E-state index is 12.9. The molecule has 0 aromatic heterocycles. The number of hydrogen-bond donors (Lipinski definition) is 1. The van der Waals surface area contributed by atoms with Gasteiger partial charge < -0.3 is 4.18 Å². The van der Waals surface area contributed by atoms with E-state index >= 15 is 0 Å². The molecule has 1 fully saturated rings. The van der Waals surface area contributed by atoms with Crippen LogP contribution in [0.15, 0.2) is 36.4 Å². The molecule has 0 radical (unpaired) electrons. The van der Waals surface area contributed by atoms with E-state index in [1.165, 1.54) is 18.2 Å². The lowest BCUT2D eigenvalue weighted by atomic mass is 10.0. The molecule has 13 heteroatoms. The van der Waals surface area contributed by atoms with E-state index in [2.05, 4.69) is 4.18 Å². The smallest absolute Gasteiger partial charge is 0.370 e. The van der Waals surface area contributed by atoms with Crippen LogP contribution in [0, 0.1) is 0 Å². The summed E-state index contributed by atoms with van der Waals surface area (Å²) in [7, 11) is -11.6. The molecule has 1 aliphatic heterocycles. The fourth-order valence-corrected chi connectivity index (χ4v) is 7.42. The number of hydrogen-bond acceptors (Lipinski definition) is 6. The van der Waals surface area contributed by atoms with E-state index in [9.17, 15) is 34.8 Å². The lowest BCUT2D eigenvalue weighted by molar-refractivity contribution is -0.0442. The second-order valence-corrected chi connectivity index (χ2v) is 12.4. The summed E-state index contributed by atoms with van der Waals surface area (Å²) < 4.78 is 88.6. The molecule has 1 heterocycles. The van der Waals surface area contributed by atoms with Gasteiger partial charge in [0, 0.05) is 10.9 Å². The summed E-state index contributed by atoms with van der Waals surface area (Å²) in [5.74, 6) is 1.82. The molecule has 0 amide bonds. The van der Waals surface area contributed by atoms with Crippen LogP contribution in [0.2, 0.25) is 0 Å². The van der Waals surface area contributed by atoms with Crippen molar-refractivity contribution in [3.63, 3.8) is 0 Å². The summed E-state index contributed by atoms with van der Waals surface area (Å²) in [4.78, 5) is 12.9. The van der Waals surface area contributed by atoms with Gasteiger partial charge in [0.05, 0.1) is 0 Å². The van der Waals surface area contributed by atoms with Crippen LogP contribution in [-0.2, 0) is 31.2 Å². The third-order valence-corrected chi connectivity index (χ3v) is 9.71. The van der Waals surface area contributed by atoms with Gasteiger partial charge in [-0.3, -0.25) is 4.79 Å². The fraction of sp³-hybridized carbons (Fsp3) is 0.389. The van der Waals surface area contributed by atoms with Gasteiger partial charge in [-0.2, -0.15) is 21.6 Å². The molecule has 2 aromatic rings. The van der Waals surface area contributed by atoms with Crippen molar-refractivity contribution in [3.8, 4) is 5.75 Å². The van der Waals surface area contributed by atoms with Crippen molar-refractivity contribution in [1.29, 1.82) is 0 Å². The van der Waals surface area contributed by atoms with Gasteiger partial charge in [-0.1, -0.05) is 28.4 Å². The molecule has 0 atom stereocenters. The normalized spacial score (nSPS) is 16.4. The predicted molar refractivity (Wildman–Crippen MR) is 112 cm³/mol. The first-order valence-electron chi connectivity index (χ1n) is 9.13. The summed E-state index contributed by atoms with van der Waals surface area (Å²) in [5.41, 5.74) is -5.49. The van der Waals surface area contributed by atoms with Crippen molar-refractivity contribution in [3.05, 3.63) is 42.0 Å². The van der Waals surface area contributed by atoms with E-state index < -0.39 is 31.6 Å². The highest BCUT2D eigenvalue weighted by Gasteiger charge is 2.49. The minimum atomic E-state index is -6.18. The van der Waals surface area contributed by atoms with Crippen LogP contribution in [0.3, 0.4) is 0 Å². The molecule has 1 saturated heterocycles. The molecule has 31 heavy (non-hydrogen) atoms. The number of benzene rings is 2. The van der Waals surface area contributed by atoms with E-state index in [1.807, 2.05) is 0 Å². The Kier molecular flexibility index (Phi) is 6.89. The zero-order valence-electron chi connectivity index (χ0n) is 16.0. The highest BCUT2D eigenvalue weighted by Crippen LogP contribution is 2.31. The van der Waals surface area contributed by atoms with Crippen molar-refractivity contribution in [1.82, 2.24) is 4.13 Å². The zero-order chi connectivity index (χ0) is 22.9. The standard InChI is InChI=1S/C18H19F3NO6S3/c19-18(20,21)30(24,25)22-31(26,27)28-17-9-8-14(13-6-2-3-7-15(13)17)16(23)12-29-10-4-1-5-11-29/h2-3,6-9,22H,1,4-5,10-12H2/q+1. The van der Waals surface area contributed by atoms with Crippen LogP contribution >= 0.6 is 0 Å². The minimum absolute atomic E-state index is 0.0193. The first-order chi connectivity index (χ1) is 14.4. The number of Topliss-reactive ketones (excluding diaryl/α,β-unsaturated/α-hetero) is 1. The number of alkyl halides is 3. The van der Waals surface area contributed by atoms with Crippen molar-refractivity contribution >= 4 is 47.8 Å². The number of carbonyl (C=O) groups is 1. The molecular formula is C18H19F3NO6S3+. The molecule has 1 aliphatic rings. The number of carbonyl (C=O) groups excluding carboxylic acids is 1. The second-order valence-electron chi connectivity index (χ2n) is 6.88. The Hall–Kier alpha value is -1.83. The molecule has 0 saturated carbocycles. The molecule has 170 valence electrons. The average molecular weight is 499 g/mol. The van der Waals surface area contributed by atoms with Crippen molar-refractivity contribution < 1.29 is 39.0 Å². The van der Waals surface area contributed by atoms with Crippen LogP contribution in [0.25, 0.3) is 10.8 Å². The van der Waals surface area contributed by atoms with Crippen LogP contribution in [-0.4, -0.2) is 45.4 Å². The van der Waals surface area contributed by atoms with Gasteiger partial charge in [0.2, 0.25) is 5.78 Å². The van der Waals surface area contributed by atoms with Gasteiger partial charge in [0.1, 0.15) is 11.5 Å². The average Bonchev–Trinajstić information content (AvgIpc) is 2.67. The van der Waals surface area contributed by atoms with Gasteiger partial charge in [-0.05, 0) is 47.7 Å². The highest BCUT2D eigenvalue weighted by molar-refractivity contribution is 8.03. The van der Waals surface area contributed by atoms with Crippen molar-refractivity contribution in [2.45, 2.75) is 24.8 Å². The summed E-state index contributed by atoms with van der Waals surface area (Å²) in [6.45, 7) is 0. The molecule has 0 spiro atoms. The predicted octanol–water partition coefficient (Wildman–Crippen LogP) is 2.89. The van der Waals surface area contributed by atoms with Crippen LogP contribution in [0.4, 0.5) is 13.2 Å². The summed E-state index contributed by atoms with van der Waals surface area (Å²) >= 11 is 0. The second kappa shape index (κ2) is 8.96. The Bertz CT molecular complexity index is 1190. The van der Waals surface area contributed by atoms with Gasteiger partial charge in [0.25, 0.3) is 0 Å². The number of nitrogens with one attached hydrogen (secondary N) is 1. The monoisotopic (exact) mass is 498 g/mol. The summed E-state index contributed by atoms with van der Waals surface area (Å²) in [6, 6.07) is 8.59. The van der Waals surface area contributed by atoms with Gasteiger partial charge in [-0.15, -0.1) is 0 Å². The van der Waals surface area contributed by atoms with Crippen molar-refractivity contribution in [2.24, 2.45) is 0 Å². The van der Waals surface area contributed by atoms with E-state index in [0.717, 1.165) is 36.8 Å². The fourth-order valence-electron chi connectivity index (χ4n) is 3.20. The van der Waals surface area contributed by atoms with Crippen LogP contribution in [0.5, 0.6) is 5.75 Å². The number of fused-ring (bicyclic) bond motifs is 1. The lowest BCUT2D eigenvalue weighted by Crippen LogP contribution is -2.42. The number of sulfonamides is 1. The molecule has 7 nitrogen and oxygen atoms in total. The van der Waals surface area contributed by atoms with Gasteiger partial charge >= 0.3 is 25.8 Å². The van der Waals surface area contributed by atoms with Crippen LogP contribution in [0.1, 0.15) is 29.6 Å². The van der Waals surface area contributed by atoms with Gasteiger partial charge in [0.15, 0.2) is 11.5 Å². The Morgan fingerprint density at radius 3 is 2.19 bits per heavy atom. The third-order valence-electron chi connectivity index (χ3n) is 4.60. The first-order valence-corrected chi connectivity index (χ1v) is 13.8. The van der Waals surface area contributed by atoms with E-state index in [-0.39, 0.29) is 22.1 Å². The topological polar surface area (TPSA) is 107 Å². The maximum Gasteiger partial charge on any atom is 0.512 e.